The Labute approximate surface area is 140 Å². The van der Waals surface area contributed by atoms with Crippen molar-refractivity contribution < 1.29 is 4.90 Å². The molecule has 1 aliphatic heterocycles. The van der Waals surface area contributed by atoms with E-state index in [9.17, 15) is 15.8 Å². The second-order valence-electron chi connectivity index (χ2n) is 6.45. The van der Waals surface area contributed by atoms with E-state index >= 15 is 0 Å². The molecule has 0 bridgehead atoms. The fourth-order valence-corrected chi connectivity index (χ4v) is 3.99. The Morgan fingerprint density at radius 2 is 2.08 bits per heavy atom. The lowest BCUT2D eigenvalue weighted by Gasteiger charge is -2.45. The number of fused-ring (bicyclic) bond motifs is 1. The highest BCUT2D eigenvalue weighted by Gasteiger charge is 2.58. The third-order valence-corrected chi connectivity index (χ3v) is 5.12. The summed E-state index contributed by atoms with van der Waals surface area (Å²) in [5, 5.41) is 37.7. The normalized spacial score (nSPS) is 30.9. The van der Waals surface area contributed by atoms with E-state index in [-0.39, 0.29) is 11.6 Å². The predicted molar refractivity (Wildman–Crippen MR) is 85.7 cm³/mol. The Morgan fingerprint density at radius 1 is 1.33 bits per heavy atom. The van der Waals surface area contributed by atoms with E-state index < -0.39 is 17.3 Å². The van der Waals surface area contributed by atoms with E-state index in [2.05, 4.69) is 30.2 Å². The minimum Gasteiger partial charge on any atom is -0.334 e. The summed E-state index contributed by atoms with van der Waals surface area (Å²) in [6.45, 7) is 1.51. The van der Waals surface area contributed by atoms with E-state index in [4.69, 9.17) is 5.41 Å². The Kier molecular flexibility index (Phi) is 3.89. The van der Waals surface area contributed by atoms with Gasteiger partial charge in [-0.15, -0.1) is 0 Å². The molecule has 1 fully saturated rings. The second kappa shape index (κ2) is 5.89. The number of likely N-dealkylation sites (N-methyl/N-ethyl adjacent to an activating group) is 1. The lowest BCUT2D eigenvalue weighted by Crippen LogP contribution is -3.10. The Balaban J connectivity index is 2.26. The molecule has 6 nitrogen and oxygen atoms in total. The molecule has 0 amide bonds. The lowest BCUT2D eigenvalue weighted by molar-refractivity contribution is -0.878. The van der Waals surface area contributed by atoms with Crippen molar-refractivity contribution in [2.24, 2.45) is 17.3 Å². The summed E-state index contributed by atoms with van der Waals surface area (Å²) in [5.74, 6) is -1.41. The first-order valence-electron chi connectivity index (χ1n) is 7.81. The molecule has 2 unspecified atom stereocenters. The van der Waals surface area contributed by atoms with Crippen molar-refractivity contribution in [2.45, 2.75) is 5.92 Å². The molecule has 1 aliphatic carbocycles. The molecule has 24 heavy (non-hydrogen) atoms. The fraction of sp³-hybridized carbons (Fsp3) is 0.389. The second-order valence-corrected chi connectivity index (χ2v) is 6.45. The van der Waals surface area contributed by atoms with Crippen LogP contribution in [0, 0.1) is 56.7 Å². The van der Waals surface area contributed by atoms with Crippen LogP contribution < -0.4 is 4.90 Å². The zero-order valence-corrected chi connectivity index (χ0v) is 13.3. The maximum absolute atomic E-state index is 9.84. The summed E-state index contributed by atoms with van der Waals surface area (Å²) in [4.78, 5) is 5.39. The van der Waals surface area contributed by atoms with Gasteiger partial charge in [0.1, 0.15) is 5.92 Å². The number of quaternary nitrogens is 1. The fourth-order valence-electron chi connectivity index (χ4n) is 3.99. The lowest BCUT2D eigenvalue weighted by atomic mass is 9.54. The van der Waals surface area contributed by atoms with Gasteiger partial charge in [0, 0.05) is 24.2 Å². The van der Waals surface area contributed by atoms with Gasteiger partial charge in [-0.1, -0.05) is 6.07 Å². The molecule has 0 aromatic carbocycles. The van der Waals surface area contributed by atoms with E-state index in [0.29, 0.717) is 0 Å². The Hall–Kier alpha value is -3.01. The predicted octanol–water partition coefficient (Wildman–Crippen LogP) is 0.443. The number of nitrogens with zero attached hydrogens (tertiary/aromatic N) is 4. The van der Waals surface area contributed by atoms with Gasteiger partial charge >= 0.3 is 0 Å². The minimum atomic E-state index is -1.64. The van der Waals surface area contributed by atoms with E-state index in [0.717, 1.165) is 24.2 Å². The molecule has 6 heteroatoms. The summed E-state index contributed by atoms with van der Waals surface area (Å²) in [6.07, 6.45) is 5.31. The number of pyridine rings is 1. The van der Waals surface area contributed by atoms with Crippen LogP contribution in [0.5, 0.6) is 0 Å². The molecule has 0 saturated heterocycles. The van der Waals surface area contributed by atoms with Gasteiger partial charge in [0.15, 0.2) is 5.41 Å². The van der Waals surface area contributed by atoms with Crippen molar-refractivity contribution in [2.75, 3.05) is 20.1 Å². The molecule has 1 aromatic rings. The minimum absolute atomic E-state index is 0.106. The van der Waals surface area contributed by atoms with Gasteiger partial charge < -0.3 is 10.3 Å². The van der Waals surface area contributed by atoms with Gasteiger partial charge in [0.05, 0.1) is 44.1 Å². The van der Waals surface area contributed by atoms with Crippen LogP contribution in [-0.2, 0) is 0 Å². The molecular formula is C18H17N6+. The number of aromatic nitrogens is 1. The number of nitrogens with one attached hydrogen (secondary N) is 2. The van der Waals surface area contributed by atoms with Crippen LogP contribution in [-0.4, -0.2) is 30.8 Å². The standard InChI is InChI=1S/C18H16N6/c1-24-6-4-13-14(7-19)17(22)18(10-20,11-21)16(15(13)9-24)12-3-2-5-23-8-12/h2-5,8,14-16,22H,6,9H2,1H3/p+1/t14?,15-,16+/m1/s1. The summed E-state index contributed by atoms with van der Waals surface area (Å²) in [5.41, 5.74) is -0.0930. The molecule has 3 rings (SSSR count). The highest BCUT2D eigenvalue weighted by Crippen LogP contribution is 2.52. The quantitative estimate of drug-likeness (QED) is 0.732. The van der Waals surface area contributed by atoms with Gasteiger partial charge in [-0.3, -0.25) is 4.98 Å². The molecule has 2 heterocycles. The van der Waals surface area contributed by atoms with Crippen molar-refractivity contribution in [3.63, 3.8) is 0 Å². The van der Waals surface area contributed by atoms with Crippen LogP contribution in [0.2, 0.25) is 0 Å². The van der Waals surface area contributed by atoms with Gasteiger partial charge in [-0.2, -0.15) is 15.8 Å². The zero-order valence-electron chi connectivity index (χ0n) is 13.3. The van der Waals surface area contributed by atoms with Crippen molar-refractivity contribution >= 4 is 5.71 Å². The third-order valence-electron chi connectivity index (χ3n) is 5.12. The van der Waals surface area contributed by atoms with Crippen molar-refractivity contribution in [1.82, 2.24) is 4.98 Å². The monoisotopic (exact) mass is 317 g/mol. The number of nitriles is 3. The zero-order chi connectivity index (χ0) is 17.3. The van der Waals surface area contributed by atoms with Crippen LogP contribution in [0.3, 0.4) is 0 Å². The smallest absolute Gasteiger partial charge is 0.190 e. The van der Waals surface area contributed by atoms with Gasteiger partial charge in [0.2, 0.25) is 0 Å². The van der Waals surface area contributed by atoms with Crippen molar-refractivity contribution in [1.29, 1.82) is 21.2 Å². The van der Waals surface area contributed by atoms with Gasteiger partial charge in [0.25, 0.3) is 0 Å². The van der Waals surface area contributed by atoms with Crippen LogP contribution in [0.15, 0.2) is 36.2 Å². The average molecular weight is 317 g/mol. The molecule has 0 spiro atoms. The average Bonchev–Trinajstić information content (AvgIpc) is 2.62. The molecule has 118 valence electrons. The maximum Gasteiger partial charge on any atom is 0.190 e. The summed E-state index contributed by atoms with van der Waals surface area (Å²) in [7, 11) is 2.05. The largest absolute Gasteiger partial charge is 0.334 e. The summed E-state index contributed by atoms with van der Waals surface area (Å²) < 4.78 is 0. The summed E-state index contributed by atoms with van der Waals surface area (Å²) in [6, 6.07) is 9.92. The topological polar surface area (TPSA) is 113 Å². The highest BCUT2D eigenvalue weighted by molar-refractivity contribution is 6.00. The first-order chi connectivity index (χ1) is 11.6. The van der Waals surface area contributed by atoms with Gasteiger partial charge in [-0.05, 0) is 23.3 Å². The van der Waals surface area contributed by atoms with E-state index in [1.807, 2.05) is 12.1 Å². The maximum atomic E-state index is 9.84. The molecule has 2 N–H and O–H groups in total. The van der Waals surface area contributed by atoms with Crippen LogP contribution in [0.1, 0.15) is 11.5 Å². The Bertz CT molecular complexity index is 806. The van der Waals surface area contributed by atoms with Crippen molar-refractivity contribution in [3.05, 3.63) is 41.7 Å². The molecule has 2 aliphatic rings. The highest BCUT2D eigenvalue weighted by atomic mass is 15.1. The van der Waals surface area contributed by atoms with Crippen LogP contribution in [0.25, 0.3) is 0 Å². The first-order valence-corrected chi connectivity index (χ1v) is 7.81. The molecule has 4 atom stereocenters. The van der Waals surface area contributed by atoms with Crippen molar-refractivity contribution in [3.8, 4) is 18.2 Å². The molecular weight excluding hydrogens is 300 g/mol. The molecule has 1 aromatic heterocycles. The van der Waals surface area contributed by atoms with E-state index in [1.165, 1.54) is 4.90 Å². The van der Waals surface area contributed by atoms with E-state index in [1.54, 1.807) is 18.5 Å². The van der Waals surface area contributed by atoms with Crippen LogP contribution >= 0.6 is 0 Å². The first kappa shape index (κ1) is 15.9. The molecule has 1 saturated carbocycles. The number of rotatable bonds is 1. The SMILES string of the molecule is C[NH+]1CC=C2C(C#N)C(=N)C(C#N)(C#N)[C@@H](c3cccnc3)[C@@H]2C1. The third kappa shape index (κ3) is 2.11. The van der Waals surface area contributed by atoms with Crippen LogP contribution in [0.4, 0.5) is 0 Å². The number of hydrogen-bond acceptors (Lipinski definition) is 5. The van der Waals surface area contributed by atoms with Gasteiger partial charge in [-0.25, -0.2) is 0 Å². The summed E-state index contributed by atoms with van der Waals surface area (Å²) >= 11 is 0. The number of hydrogen-bond donors (Lipinski definition) is 2. The Morgan fingerprint density at radius 3 is 2.67 bits per heavy atom. The molecule has 0 radical (unpaired) electrons.